The van der Waals surface area contributed by atoms with Crippen LogP contribution in [0.1, 0.15) is 35.3 Å². The Kier molecular flexibility index (Phi) is 3.89. The molecule has 0 saturated carbocycles. The van der Waals surface area contributed by atoms with Crippen molar-refractivity contribution in [3.05, 3.63) is 88.2 Å². The van der Waals surface area contributed by atoms with Crippen LogP contribution >= 0.6 is 11.6 Å². The van der Waals surface area contributed by atoms with Crippen molar-refractivity contribution in [1.82, 2.24) is 9.88 Å². The number of aromatic nitrogens is 1. The molecule has 0 bridgehead atoms. The fraction of sp³-hybridized carbons (Fsp3) is 0.200. The molecule has 0 spiro atoms. The van der Waals surface area contributed by atoms with Gasteiger partial charge in [-0.3, -0.25) is 0 Å². The maximum Gasteiger partial charge on any atom is 0.270 e. The number of hydrogen-bond donors (Lipinski definition) is 1. The van der Waals surface area contributed by atoms with Crippen LogP contribution in [0.15, 0.2) is 60.8 Å². The predicted octanol–water partition coefficient (Wildman–Crippen LogP) is 5.44. The van der Waals surface area contributed by atoms with Crippen LogP contribution in [0.3, 0.4) is 0 Å². The Hall–Kier alpha value is -2.17. The number of benzene rings is 2. The zero-order valence-electron chi connectivity index (χ0n) is 13.6. The summed E-state index contributed by atoms with van der Waals surface area (Å²) in [6.45, 7) is 1.52. The van der Waals surface area contributed by atoms with Gasteiger partial charge in [0.05, 0.1) is 11.7 Å². The smallest absolute Gasteiger partial charge is 0.270 e. The maximum atomic E-state index is 13.5. The Morgan fingerprint density at radius 2 is 1.84 bits per heavy atom. The van der Waals surface area contributed by atoms with Crippen molar-refractivity contribution >= 4 is 11.6 Å². The Morgan fingerprint density at radius 3 is 2.56 bits per heavy atom. The Morgan fingerprint density at radius 1 is 1.08 bits per heavy atom. The van der Waals surface area contributed by atoms with Gasteiger partial charge < -0.3 is 9.88 Å². The van der Waals surface area contributed by atoms with Gasteiger partial charge in [-0.1, -0.05) is 41.9 Å². The number of halogens is 3. The van der Waals surface area contributed by atoms with Crippen molar-refractivity contribution in [3.63, 3.8) is 0 Å². The van der Waals surface area contributed by atoms with Gasteiger partial charge in [0.25, 0.3) is 5.92 Å². The van der Waals surface area contributed by atoms with Gasteiger partial charge in [-0.15, -0.1) is 0 Å². The molecule has 0 amide bonds. The summed E-state index contributed by atoms with van der Waals surface area (Å²) < 4.78 is 29.0. The van der Waals surface area contributed by atoms with E-state index in [1.165, 1.54) is 12.1 Å². The highest BCUT2D eigenvalue weighted by atomic mass is 35.5. The lowest BCUT2D eigenvalue weighted by atomic mass is 10.0. The largest absolute Gasteiger partial charge is 0.319 e. The molecule has 25 heavy (non-hydrogen) atoms. The number of nitrogens with zero attached hydrogens (tertiary/aromatic N) is 1. The predicted molar refractivity (Wildman–Crippen MR) is 95.5 cm³/mol. The second-order valence-corrected chi connectivity index (χ2v) is 6.77. The van der Waals surface area contributed by atoms with Crippen molar-refractivity contribution < 1.29 is 8.78 Å². The van der Waals surface area contributed by atoms with Crippen LogP contribution < -0.4 is 5.32 Å². The molecule has 0 unspecified atom stereocenters. The first-order chi connectivity index (χ1) is 11.9. The second-order valence-electron chi connectivity index (χ2n) is 6.36. The fourth-order valence-corrected chi connectivity index (χ4v) is 3.60. The van der Waals surface area contributed by atoms with Gasteiger partial charge in [0.2, 0.25) is 0 Å². The standard InChI is InChI=1S/C20H17ClF2N2/c1-20(22,23)14-9-7-13(8-10-14)19-18-6-3-11-25(18)17-5-2-4-16(21)15(17)12-24-19/h2-11,19,24H,12H2,1H3/t19-/m1/s1. The highest BCUT2D eigenvalue weighted by Gasteiger charge is 2.26. The lowest BCUT2D eigenvalue weighted by molar-refractivity contribution is 0.0174. The monoisotopic (exact) mass is 358 g/mol. The lowest BCUT2D eigenvalue weighted by Crippen LogP contribution is -2.21. The minimum Gasteiger partial charge on any atom is -0.319 e. The zero-order valence-corrected chi connectivity index (χ0v) is 14.4. The van der Waals surface area contributed by atoms with Crippen LogP contribution in [0.25, 0.3) is 5.69 Å². The molecule has 2 heterocycles. The molecule has 128 valence electrons. The van der Waals surface area contributed by atoms with Crippen LogP contribution in [0.2, 0.25) is 5.02 Å². The van der Waals surface area contributed by atoms with Gasteiger partial charge in [0, 0.05) is 41.5 Å². The summed E-state index contributed by atoms with van der Waals surface area (Å²) in [5, 5.41) is 4.22. The van der Waals surface area contributed by atoms with E-state index in [9.17, 15) is 8.78 Å². The molecule has 0 aliphatic carbocycles. The highest BCUT2D eigenvalue weighted by Crippen LogP contribution is 2.34. The van der Waals surface area contributed by atoms with E-state index in [1.54, 1.807) is 12.1 Å². The first kappa shape index (κ1) is 16.3. The first-order valence-electron chi connectivity index (χ1n) is 8.12. The van der Waals surface area contributed by atoms with Crippen molar-refractivity contribution in [2.24, 2.45) is 0 Å². The summed E-state index contributed by atoms with van der Waals surface area (Å²) in [7, 11) is 0. The normalized spacial score (nSPS) is 16.9. The Bertz CT molecular complexity index is 910. The van der Waals surface area contributed by atoms with Crippen molar-refractivity contribution in [1.29, 1.82) is 0 Å². The molecule has 2 nitrogen and oxygen atoms in total. The third-order valence-corrected chi connectivity index (χ3v) is 5.02. The number of rotatable bonds is 2. The van der Waals surface area contributed by atoms with Crippen LogP contribution in [0.4, 0.5) is 8.78 Å². The molecule has 0 fully saturated rings. The van der Waals surface area contributed by atoms with Crippen LogP contribution in [0.5, 0.6) is 0 Å². The molecule has 1 aliphatic heterocycles. The molecule has 4 rings (SSSR count). The van der Waals surface area contributed by atoms with E-state index in [4.69, 9.17) is 11.6 Å². The number of fused-ring (bicyclic) bond motifs is 3. The summed E-state index contributed by atoms with van der Waals surface area (Å²) in [6.07, 6.45) is 2.00. The average Bonchev–Trinajstić information content (AvgIpc) is 2.99. The van der Waals surface area contributed by atoms with Gasteiger partial charge in [-0.25, -0.2) is 8.78 Å². The second kappa shape index (κ2) is 5.97. The summed E-state index contributed by atoms with van der Waals surface area (Å²) >= 11 is 6.38. The van der Waals surface area contributed by atoms with Crippen molar-refractivity contribution in [2.45, 2.75) is 25.4 Å². The number of nitrogens with one attached hydrogen (secondary N) is 1. The van der Waals surface area contributed by atoms with E-state index in [2.05, 4.69) is 9.88 Å². The number of hydrogen-bond acceptors (Lipinski definition) is 1. The van der Waals surface area contributed by atoms with E-state index < -0.39 is 5.92 Å². The molecule has 5 heteroatoms. The lowest BCUT2D eigenvalue weighted by Gasteiger charge is -2.19. The molecular formula is C20H17ClF2N2. The third-order valence-electron chi connectivity index (χ3n) is 4.66. The highest BCUT2D eigenvalue weighted by molar-refractivity contribution is 6.31. The van der Waals surface area contributed by atoms with Gasteiger partial charge >= 0.3 is 0 Å². The summed E-state index contributed by atoms with van der Waals surface area (Å²) in [5.74, 6) is -2.83. The van der Waals surface area contributed by atoms with Crippen LogP contribution in [0, 0.1) is 0 Å². The SMILES string of the molecule is CC(F)(F)c1ccc([C@H]2NCc3c(Cl)cccc3-n3cccc32)cc1. The van der Waals surface area contributed by atoms with E-state index in [0.29, 0.717) is 11.6 Å². The number of alkyl halides is 2. The van der Waals surface area contributed by atoms with Crippen molar-refractivity contribution in [2.75, 3.05) is 0 Å². The summed E-state index contributed by atoms with van der Waals surface area (Å²) in [4.78, 5) is 0. The fourth-order valence-electron chi connectivity index (χ4n) is 3.36. The summed E-state index contributed by atoms with van der Waals surface area (Å²) in [5.41, 5.74) is 4.08. The van der Waals surface area contributed by atoms with E-state index in [1.807, 2.05) is 36.5 Å². The topological polar surface area (TPSA) is 17.0 Å². The minimum absolute atomic E-state index is 0.0200. The van der Waals surface area contributed by atoms with E-state index >= 15 is 0 Å². The molecule has 1 N–H and O–H groups in total. The van der Waals surface area contributed by atoms with Crippen LogP contribution in [-0.4, -0.2) is 4.57 Å². The molecule has 2 aromatic carbocycles. The summed E-state index contributed by atoms with van der Waals surface area (Å²) in [6, 6.07) is 16.3. The minimum atomic E-state index is -2.83. The Labute approximate surface area is 150 Å². The first-order valence-corrected chi connectivity index (χ1v) is 8.49. The Balaban J connectivity index is 1.78. The molecule has 0 saturated heterocycles. The van der Waals surface area contributed by atoms with Gasteiger partial charge in [-0.2, -0.15) is 0 Å². The van der Waals surface area contributed by atoms with Crippen LogP contribution in [-0.2, 0) is 12.5 Å². The molecule has 3 aromatic rings. The van der Waals surface area contributed by atoms with E-state index in [0.717, 1.165) is 29.4 Å². The molecule has 1 aliphatic rings. The quantitative estimate of drug-likeness (QED) is 0.646. The van der Waals surface area contributed by atoms with Crippen molar-refractivity contribution in [3.8, 4) is 5.69 Å². The zero-order chi connectivity index (χ0) is 17.6. The van der Waals surface area contributed by atoms with Gasteiger partial charge in [0.1, 0.15) is 0 Å². The maximum absolute atomic E-state index is 13.5. The van der Waals surface area contributed by atoms with Gasteiger partial charge in [-0.05, 0) is 29.8 Å². The average molecular weight is 359 g/mol. The van der Waals surface area contributed by atoms with Gasteiger partial charge in [0.15, 0.2) is 0 Å². The third kappa shape index (κ3) is 2.86. The molecule has 1 atom stereocenters. The molecular weight excluding hydrogens is 342 g/mol. The van der Waals surface area contributed by atoms with E-state index in [-0.39, 0.29) is 11.6 Å². The molecule has 0 radical (unpaired) electrons. The molecule has 1 aromatic heterocycles.